The standard InChI is InChI=1S/C18H19NO4/c1-22-16-8-3-5-13(11-16)9-10-17(20)19-15-7-4-6-14(12-15)18(21)23-2/h3-8,11-12H,9-10H2,1-2H3,(H,19,20). The van der Waals surface area contributed by atoms with Gasteiger partial charge in [0.15, 0.2) is 0 Å². The lowest BCUT2D eigenvalue weighted by molar-refractivity contribution is -0.116. The summed E-state index contributed by atoms with van der Waals surface area (Å²) in [6.07, 6.45) is 0.954. The highest BCUT2D eigenvalue weighted by molar-refractivity contribution is 5.94. The molecule has 0 spiro atoms. The van der Waals surface area contributed by atoms with E-state index in [2.05, 4.69) is 10.1 Å². The lowest BCUT2D eigenvalue weighted by Gasteiger charge is -2.07. The van der Waals surface area contributed by atoms with E-state index in [9.17, 15) is 9.59 Å². The minimum absolute atomic E-state index is 0.116. The fourth-order valence-corrected chi connectivity index (χ4v) is 2.15. The Morgan fingerprint density at radius 2 is 1.83 bits per heavy atom. The predicted octanol–water partition coefficient (Wildman–Crippen LogP) is 3.05. The molecule has 5 nitrogen and oxygen atoms in total. The molecule has 0 heterocycles. The third-order valence-corrected chi connectivity index (χ3v) is 3.34. The van der Waals surface area contributed by atoms with Gasteiger partial charge in [-0.15, -0.1) is 0 Å². The summed E-state index contributed by atoms with van der Waals surface area (Å²) in [4.78, 5) is 23.5. The molecule has 120 valence electrons. The summed E-state index contributed by atoms with van der Waals surface area (Å²) >= 11 is 0. The van der Waals surface area contributed by atoms with Gasteiger partial charge in [0.05, 0.1) is 19.8 Å². The van der Waals surface area contributed by atoms with Crippen molar-refractivity contribution in [2.24, 2.45) is 0 Å². The number of esters is 1. The van der Waals surface area contributed by atoms with E-state index in [0.29, 0.717) is 24.1 Å². The number of ether oxygens (including phenoxy) is 2. The van der Waals surface area contributed by atoms with Gasteiger partial charge < -0.3 is 14.8 Å². The molecule has 1 N–H and O–H groups in total. The van der Waals surface area contributed by atoms with Crippen LogP contribution in [0.25, 0.3) is 0 Å². The smallest absolute Gasteiger partial charge is 0.337 e. The number of hydrogen-bond acceptors (Lipinski definition) is 4. The normalized spacial score (nSPS) is 10.0. The van der Waals surface area contributed by atoms with E-state index in [-0.39, 0.29) is 5.91 Å². The first kappa shape index (κ1) is 16.5. The van der Waals surface area contributed by atoms with Crippen LogP contribution in [0.2, 0.25) is 0 Å². The molecule has 0 saturated carbocycles. The molecular weight excluding hydrogens is 294 g/mol. The van der Waals surface area contributed by atoms with Crippen LogP contribution in [0.15, 0.2) is 48.5 Å². The van der Waals surface area contributed by atoms with Gasteiger partial charge in [0.25, 0.3) is 0 Å². The van der Waals surface area contributed by atoms with Crippen molar-refractivity contribution in [3.05, 3.63) is 59.7 Å². The second kappa shape index (κ2) is 7.98. The third kappa shape index (κ3) is 4.85. The molecule has 2 aromatic rings. The second-order valence-electron chi connectivity index (χ2n) is 4.97. The molecule has 1 amide bonds. The predicted molar refractivity (Wildman–Crippen MR) is 87.7 cm³/mol. The molecule has 0 aromatic heterocycles. The molecule has 5 heteroatoms. The van der Waals surface area contributed by atoms with Crippen molar-refractivity contribution in [1.82, 2.24) is 0 Å². The van der Waals surface area contributed by atoms with Gasteiger partial charge in [0.1, 0.15) is 5.75 Å². The van der Waals surface area contributed by atoms with Crippen LogP contribution in [0.3, 0.4) is 0 Å². The Balaban J connectivity index is 1.93. The number of rotatable bonds is 6. The van der Waals surface area contributed by atoms with Gasteiger partial charge in [-0.3, -0.25) is 4.79 Å². The summed E-state index contributed by atoms with van der Waals surface area (Å²) in [5, 5.41) is 2.78. The molecule has 23 heavy (non-hydrogen) atoms. The average molecular weight is 313 g/mol. The number of hydrogen-bond donors (Lipinski definition) is 1. The number of nitrogens with one attached hydrogen (secondary N) is 1. The molecule has 0 aliphatic carbocycles. The van der Waals surface area contributed by atoms with Crippen molar-refractivity contribution in [3.8, 4) is 5.75 Å². The molecule has 0 radical (unpaired) electrons. The van der Waals surface area contributed by atoms with Gasteiger partial charge in [-0.1, -0.05) is 18.2 Å². The van der Waals surface area contributed by atoms with Crippen molar-refractivity contribution in [2.45, 2.75) is 12.8 Å². The van der Waals surface area contributed by atoms with Crippen molar-refractivity contribution in [3.63, 3.8) is 0 Å². The average Bonchev–Trinajstić information content (AvgIpc) is 2.59. The van der Waals surface area contributed by atoms with Gasteiger partial charge in [-0.25, -0.2) is 4.79 Å². The molecular formula is C18H19NO4. The maximum absolute atomic E-state index is 12.0. The minimum Gasteiger partial charge on any atom is -0.497 e. The third-order valence-electron chi connectivity index (χ3n) is 3.34. The zero-order chi connectivity index (χ0) is 16.7. The quantitative estimate of drug-likeness (QED) is 0.833. The first-order chi connectivity index (χ1) is 11.1. The van der Waals surface area contributed by atoms with Crippen LogP contribution in [0.4, 0.5) is 5.69 Å². The summed E-state index contributed by atoms with van der Waals surface area (Å²) in [7, 11) is 2.93. The van der Waals surface area contributed by atoms with Crippen molar-refractivity contribution >= 4 is 17.6 Å². The Labute approximate surface area is 135 Å². The highest BCUT2D eigenvalue weighted by Gasteiger charge is 2.08. The molecule has 0 fully saturated rings. The Kier molecular flexibility index (Phi) is 5.74. The summed E-state index contributed by atoms with van der Waals surface area (Å²) in [6, 6.07) is 14.3. The first-order valence-electron chi connectivity index (χ1n) is 7.23. The van der Waals surface area contributed by atoms with Gasteiger partial charge in [-0.05, 0) is 42.3 Å². The van der Waals surface area contributed by atoms with E-state index in [1.807, 2.05) is 24.3 Å². The van der Waals surface area contributed by atoms with Gasteiger partial charge >= 0.3 is 5.97 Å². The lowest BCUT2D eigenvalue weighted by Crippen LogP contribution is -2.13. The number of aryl methyl sites for hydroxylation is 1. The van der Waals surface area contributed by atoms with E-state index in [4.69, 9.17) is 4.74 Å². The van der Waals surface area contributed by atoms with E-state index in [1.165, 1.54) is 7.11 Å². The molecule has 0 unspecified atom stereocenters. The van der Waals surface area contributed by atoms with Crippen LogP contribution >= 0.6 is 0 Å². The van der Waals surface area contributed by atoms with E-state index in [0.717, 1.165) is 11.3 Å². The summed E-state index contributed by atoms with van der Waals surface area (Å²) in [5.41, 5.74) is 2.00. The summed E-state index contributed by atoms with van der Waals surface area (Å²) in [6.45, 7) is 0. The Hall–Kier alpha value is -2.82. The van der Waals surface area contributed by atoms with Crippen LogP contribution in [-0.4, -0.2) is 26.1 Å². The Bertz CT molecular complexity index is 697. The number of carbonyl (C=O) groups is 2. The van der Waals surface area contributed by atoms with Crippen molar-refractivity contribution in [2.75, 3.05) is 19.5 Å². The largest absolute Gasteiger partial charge is 0.497 e. The summed E-state index contributed by atoms with van der Waals surface area (Å²) in [5.74, 6) is 0.223. The number of benzene rings is 2. The zero-order valence-corrected chi connectivity index (χ0v) is 13.2. The fraction of sp³-hybridized carbons (Fsp3) is 0.222. The minimum atomic E-state index is -0.433. The van der Waals surface area contributed by atoms with E-state index in [1.54, 1.807) is 31.4 Å². The topological polar surface area (TPSA) is 64.6 Å². The number of amides is 1. The number of anilines is 1. The molecule has 0 atom stereocenters. The molecule has 2 aromatic carbocycles. The van der Waals surface area contributed by atoms with Crippen LogP contribution in [0, 0.1) is 0 Å². The first-order valence-corrected chi connectivity index (χ1v) is 7.23. The highest BCUT2D eigenvalue weighted by atomic mass is 16.5. The van der Waals surface area contributed by atoms with Crippen LogP contribution in [-0.2, 0) is 16.0 Å². The van der Waals surface area contributed by atoms with Crippen molar-refractivity contribution in [1.29, 1.82) is 0 Å². The zero-order valence-electron chi connectivity index (χ0n) is 13.2. The maximum atomic E-state index is 12.0. The van der Waals surface area contributed by atoms with Crippen LogP contribution in [0.1, 0.15) is 22.3 Å². The maximum Gasteiger partial charge on any atom is 0.337 e. The highest BCUT2D eigenvalue weighted by Crippen LogP contribution is 2.15. The molecule has 0 aliphatic rings. The van der Waals surface area contributed by atoms with Gasteiger partial charge in [-0.2, -0.15) is 0 Å². The van der Waals surface area contributed by atoms with Crippen molar-refractivity contribution < 1.29 is 19.1 Å². The number of carbonyl (C=O) groups excluding carboxylic acids is 2. The Morgan fingerprint density at radius 3 is 2.57 bits per heavy atom. The molecule has 0 saturated heterocycles. The second-order valence-corrected chi connectivity index (χ2v) is 4.97. The number of methoxy groups -OCH3 is 2. The summed E-state index contributed by atoms with van der Waals surface area (Å²) < 4.78 is 9.82. The molecule has 0 bridgehead atoms. The monoisotopic (exact) mass is 313 g/mol. The van der Waals surface area contributed by atoms with E-state index < -0.39 is 5.97 Å². The van der Waals surface area contributed by atoms with E-state index >= 15 is 0 Å². The van der Waals surface area contributed by atoms with Gasteiger partial charge in [0, 0.05) is 12.1 Å². The van der Waals surface area contributed by atoms with Crippen LogP contribution in [0.5, 0.6) is 5.75 Å². The van der Waals surface area contributed by atoms with Gasteiger partial charge in [0.2, 0.25) is 5.91 Å². The molecule has 2 rings (SSSR count). The Morgan fingerprint density at radius 1 is 1.04 bits per heavy atom. The fourth-order valence-electron chi connectivity index (χ4n) is 2.15. The molecule has 0 aliphatic heterocycles. The van der Waals surface area contributed by atoms with Crippen LogP contribution < -0.4 is 10.1 Å². The SMILES string of the molecule is COC(=O)c1cccc(NC(=O)CCc2cccc(OC)c2)c1. The lowest BCUT2D eigenvalue weighted by atomic mass is 10.1.